The molecule has 0 atom stereocenters. The second kappa shape index (κ2) is 5.48. The molecular formula is C14H13NO5. The first-order chi connectivity index (χ1) is 9.51. The van der Waals surface area contributed by atoms with Crippen LogP contribution in [0.5, 0.6) is 5.75 Å². The van der Waals surface area contributed by atoms with Crippen molar-refractivity contribution in [3.63, 3.8) is 0 Å². The number of amides is 1. The van der Waals surface area contributed by atoms with Gasteiger partial charge in [-0.15, -0.1) is 0 Å². The highest BCUT2D eigenvalue weighted by atomic mass is 16.5. The number of carbonyl (C=O) groups is 2. The van der Waals surface area contributed by atoms with E-state index in [0.29, 0.717) is 11.4 Å². The molecule has 6 heteroatoms. The van der Waals surface area contributed by atoms with Crippen LogP contribution in [-0.4, -0.2) is 24.1 Å². The summed E-state index contributed by atoms with van der Waals surface area (Å²) in [6, 6.07) is 6.37. The summed E-state index contributed by atoms with van der Waals surface area (Å²) in [5.41, 5.74) is 1.35. The number of carboxylic acid groups (broad SMARTS) is 1. The molecule has 104 valence electrons. The first-order valence-corrected chi connectivity index (χ1v) is 5.79. The van der Waals surface area contributed by atoms with E-state index >= 15 is 0 Å². The Kier molecular flexibility index (Phi) is 3.74. The summed E-state index contributed by atoms with van der Waals surface area (Å²) in [6.45, 7) is 1.82. The molecule has 0 fully saturated rings. The number of carboxylic acids is 1. The Bertz CT molecular complexity index is 659. The van der Waals surface area contributed by atoms with Crippen LogP contribution in [0.4, 0.5) is 5.69 Å². The molecule has 2 rings (SSSR count). The molecule has 1 aromatic carbocycles. The number of aromatic carboxylic acids is 1. The van der Waals surface area contributed by atoms with Gasteiger partial charge in [-0.25, -0.2) is 4.79 Å². The lowest BCUT2D eigenvalue weighted by molar-refractivity contribution is 0.0696. The van der Waals surface area contributed by atoms with Crippen molar-refractivity contribution in [1.29, 1.82) is 0 Å². The zero-order valence-corrected chi connectivity index (χ0v) is 11.0. The third-order valence-electron chi connectivity index (χ3n) is 2.75. The quantitative estimate of drug-likeness (QED) is 0.895. The van der Waals surface area contributed by atoms with E-state index in [-0.39, 0.29) is 11.3 Å². The van der Waals surface area contributed by atoms with Gasteiger partial charge in [-0.1, -0.05) is 0 Å². The fourth-order valence-electron chi connectivity index (χ4n) is 1.65. The number of methoxy groups -OCH3 is 1. The van der Waals surface area contributed by atoms with Gasteiger partial charge in [0.15, 0.2) is 5.76 Å². The van der Waals surface area contributed by atoms with Gasteiger partial charge in [0.25, 0.3) is 5.91 Å². The molecular weight excluding hydrogens is 262 g/mol. The lowest BCUT2D eigenvalue weighted by atomic mass is 10.2. The van der Waals surface area contributed by atoms with Gasteiger partial charge in [-0.2, -0.15) is 0 Å². The normalized spacial score (nSPS) is 10.1. The lowest BCUT2D eigenvalue weighted by Gasteiger charge is -2.08. The molecule has 0 saturated carbocycles. The van der Waals surface area contributed by atoms with Crippen LogP contribution >= 0.6 is 0 Å². The smallest absolute Gasteiger partial charge is 0.338 e. The monoisotopic (exact) mass is 275 g/mol. The van der Waals surface area contributed by atoms with Gasteiger partial charge in [0.05, 0.1) is 12.7 Å². The third kappa shape index (κ3) is 2.80. The summed E-state index contributed by atoms with van der Waals surface area (Å²) in [7, 11) is 1.56. The first-order valence-electron chi connectivity index (χ1n) is 5.79. The Hall–Kier alpha value is -2.76. The average Bonchev–Trinajstić information content (AvgIpc) is 2.91. The van der Waals surface area contributed by atoms with Crippen LogP contribution in [0.25, 0.3) is 0 Å². The molecule has 0 spiro atoms. The molecule has 0 aliphatic heterocycles. The number of nitrogens with one attached hydrogen (secondary N) is 1. The summed E-state index contributed by atoms with van der Waals surface area (Å²) >= 11 is 0. The van der Waals surface area contributed by atoms with Crippen molar-refractivity contribution in [3.05, 3.63) is 47.4 Å². The van der Waals surface area contributed by atoms with E-state index in [2.05, 4.69) is 5.32 Å². The maximum absolute atomic E-state index is 11.9. The molecule has 0 radical (unpaired) electrons. The van der Waals surface area contributed by atoms with E-state index in [9.17, 15) is 9.59 Å². The Morgan fingerprint density at radius 2 is 2.05 bits per heavy atom. The molecule has 0 bridgehead atoms. The molecule has 1 aromatic heterocycles. The van der Waals surface area contributed by atoms with Crippen molar-refractivity contribution < 1.29 is 23.8 Å². The molecule has 0 aliphatic rings. The first kappa shape index (κ1) is 13.7. The summed E-state index contributed by atoms with van der Waals surface area (Å²) < 4.78 is 10.00. The maximum Gasteiger partial charge on any atom is 0.338 e. The Balaban J connectivity index is 2.16. The molecule has 2 N–H and O–H groups in total. The Morgan fingerprint density at radius 3 is 2.60 bits per heavy atom. The van der Waals surface area contributed by atoms with E-state index < -0.39 is 11.9 Å². The molecule has 6 nitrogen and oxygen atoms in total. The topological polar surface area (TPSA) is 88.8 Å². The second-order valence-corrected chi connectivity index (χ2v) is 4.14. The molecule has 1 amide bonds. The van der Waals surface area contributed by atoms with Crippen LogP contribution in [0.2, 0.25) is 0 Å². The molecule has 0 saturated heterocycles. The summed E-state index contributed by atoms with van der Waals surface area (Å²) in [6.07, 6.45) is 1.03. The van der Waals surface area contributed by atoms with E-state index in [0.717, 1.165) is 11.8 Å². The van der Waals surface area contributed by atoms with Crippen molar-refractivity contribution in [2.45, 2.75) is 6.92 Å². The van der Waals surface area contributed by atoms with Gasteiger partial charge in [-0.3, -0.25) is 4.79 Å². The van der Waals surface area contributed by atoms with E-state index in [1.807, 2.05) is 6.92 Å². The number of furan rings is 1. The number of rotatable bonds is 4. The van der Waals surface area contributed by atoms with Crippen molar-refractivity contribution in [3.8, 4) is 5.75 Å². The van der Waals surface area contributed by atoms with E-state index in [1.165, 1.54) is 6.07 Å². The van der Waals surface area contributed by atoms with E-state index in [4.69, 9.17) is 14.3 Å². The number of ether oxygens (including phenoxy) is 1. The van der Waals surface area contributed by atoms with Crippen molar-refractivity contribution in [1.82, 2.24) is 0 Å². The van der Waals surface area contributed by atoms with Crippen molar-refractivity contribution in [2.75, 3.05) is 12.4 Å². The highest BCUT2D eigenvalue weighted by Crippen LogP contribution is 2.22. The zero-order chi connectivity index (χ0) is 14.7. The fourth-order valence-corrected chi connectivity index (χ4v) is 1.65. The maximum atomic E-state index is 11.9. The molecule has 0 aliphatic carbocycles. The van der Waals surface area contributed by atoms with Crippen LogP contribution in [-0.2, 0) is 0 Å². The SMILES string of the molecule is COc1ccc(NC(=O)c2cc(C(=O)O)co2)c(C)c1. The molecule has 1 heterocycles. The molecule has 2 aromatic rings. The Labute approximate surface area is 115 Å². The van der Waals surface area contributed by atoms with Crippen molar-refractivity contribution >= 4 is 17.6 Å². The van der Waals surface area contributed by atoms with Gasteiger partial charge in [0.2, 0.25) is 0 Å². The number of carbonyl (C=O) groups excluding carboxylic acids is 1. The average molecular weight is 275 g/mol. The third-order valence-corrected chi connectivity index (χ3v) is 2.75. The summed E-state index contributed by atoms with van der Waals surface area (Å²) in [4.78, 5) is 22.6. The van der Waals surface area contributed by atoms with Gasteiger partial charge < -0.3 is 19.6 Å². The Morgan fingerprint density at radius 1 is 1.30 bits per heavy atom. The van der Waals surface area contributed by atoms with Gasteiger partial charge in [0.1, 0.15) is 12.0 Å². The van der Waals surface area contributed by atoms with Gasteiger partial charge >= 0.3 is 5.97 Å². The van der Waals surface area contributed by atoms with Crippen molar-refractivity contribution in [2.24, 2.45) is 0 Å². The number of hydrogen-bond acceptors (Lipinski definition) is 4. The lowest BCUT2D eigenvalue weighted by Crippen LogP contribution is -2.12. The van der Waals surface area contributed by atoms with E-state index in [1.54, 1.807) is 25.3 Å². The predicted molar refractivity (Wildman–Crippen MR) is 71.4 cm³/mol. The highest BCUT2D eigenvalue weighted by molar-refractivity contribution is 6.04. The number of aryl methyl sites for hydroxylation is 1. The van der Waals surface area contributed by atoms with Crippen LogP contribution in [0, 0.1) is 6.92 Å². The standard InChI is InChI=1S/C14H13NO5/c1-8-5-10(19-2)3-4-11(8)15-13(16)12-6-9(7-20-12)14(17)18/h3-7H,1-2H3,(H,15,16)(H,17,18). The molecule has 20 heavy (non-hydrogen) atoms. The number of hydrogen-bond donors (Lipinski definition) is 2. The minimum atomic E-state index is -1.14. The minimum Gasteiger partial charge on any atom is -0.497 e. The number of benzene rings is 1. The molecule has 0 unspecified atom stereocenters. The summed E-state index contributed by atoms with van der Waals surface area (Å²) in [5.74, 6) is -1.02. The van der Waals surface area contributed by atoms with Crippen LogP contribution in [0.3, 0.4) is 0 Å². The number of anilines is 1. The van der Waals surface area contributed by atoms with Gasteiger partial charge in [-0.05, 0) is 30.7 Å². The summed E-state index contributed by atoms with van der Waals surface area (Å²) in [5, 5.41) is 11.4. The van der Waals surface area contributed by atoms with Crippen LogP contribution < -0.4 is 10.1 Å². The fraction of sp³-hybridized carbons (Fsp3) is 0.143. The predicted octanol–water partition coefficient (Wildman–Crippen LogP) is 2.55. The van der Waals surface area contributed by atoms with Crippen LogP contribution in [0.15, 0.2) is 34.9 Å². The minimum absolute atomic E-state index is 0.0578. The second-order valence-electron chi connectivity index (χ2n) is 4.14. The van der Waals surface area contributed by atoms with Crippen LogP contribution in [0.1, 0.15) is 26.5 Å². The van der Waals surface area contributed by atoms with Gasteiger partial charge in [0, 0.05) is 11.8 Å². The highest BCUT2D eigenvalue weighted by Gasteiger charge is 2.15. The largest absolute Gasteiger partial charge is 0.497 e. The zero-order valence-electron chi connectivity index (χ0n) is 11.0.